The highest BCUT2D eigenvalue weighted by atomic mass is 16.4. The fourth-order valence-corrected chi connectivity index (χ4v) is 6.20. The van der Waals surface area contributed by atoms with Crippen molar-refractivity contribution in [2.24, 2.45) is 5.41 Å². The number of rotatable bonds is 4. The molecule has 1 saturated carbocycles. The number of carbonyl (C=O) groups is 1. The maximum Gasteiger partial charge on any atom is 0.334 e. The van der Waals surface area contributed by atoms with E-state index >= 15 is 0 Å². The van der Waals surface area contributed by atoms with E-state index in [1.165, 1.54) is 47.3 Å². The highest BCUT2D eigenvalue weighted by Crippen LogP contribution is 2.52. The Morgan fingerprint density at radius 1 is 1.11 bits per heavy atom. The van der Waals surface area contributed by atoms with Gasteiger partial charge in [-0.25, -0.2) is 4.85 Å². The standard InChI is InChI=1S/C31H32N2O2/c1-20-8-13-24(14-9-20)33-27-7-5-6-25(27)26-17-21(12-15-28(26)33)10-11-22-16-23(19-31(2,3)18-22)29(32-4)30(34)35/h8-17,25,27H,5-7,18-19H2,1-3H3,(H,34,35)/b11-10+,29-23+. The van der Waals surface area contributed by atoms with Crippen molar-refractivity contribution in [3.8, 4) is 0 Å². The van der Waals surface area contributed by atoms with E-state index in [-0.39, 0.29) is 11.1 Å². The first-order chi connectivity index (χ1) is 16.8. The van der Waals surface area contributed by atoms with Gasteiger partial charge < -0.3 is 10.0 Å². The van der Waals surface area contributed by atoms with Gasteiger partial charge >= 0.3 is 5.97 Å². The zero-order chi connectivity index (χ0) is 24.7. The monoisotopic (exact) mass is 464 g/mol. The van der Waals surface area contributed by atoms with Crippen molar-refractivity contribution in [2.45, 2.75) is 64.8 Å². The second-order valence-corrected chi connectivity index (χ2v) is 11.0. The lowest BCUT2D eigenvalue weighted by Crippen LogP contribution is -2.26. The molecule has 35 heavy (non-hydrogen) atoms. The van der Waals surface area contributed by atoms with Crippen molar-refractivity contribution in [1.82, 2.24) is 0 Å². The molecule has 5 rings (SSSR count). The largest absolute Gasteiger partial charge is 0.486 e. The van der Waals surface area contributed by atoms with Crippen LogP contribution in [0.5, 0.6) is 0 Å². The van der Waals surface area contributed by atoms with Crippen molar-refractivity contribution >= 4 is 23.4 Å². The Balaban J connectivity index is 1.47. The maximum atomic E-state index is 11.5. The van der Waals surface area contributed by atoms with Gasteiger partial charge in [0.25, 0.3) is 5.70 Å². The Morgan fingerprint density at radius 3 is 2.60 bits per heavy atom. The van der Waals surface area contributed by atoms with Crippen LogP contribution in [-0.4, -0.2) is 17.1 Å². The fourth-order valence-electron chi connectivity index (χ4n) is 6.20. The number of fused-ring (bicyclic) bond motifs is 3. The molecule has 1 fully saturated rings. The summed E-state index contributed by atoms with van der Waals surface area (Å²) in [6.07, 6.45) is 11.3. The molecule has 1 N–H and O–H groups in total. The molecule has 2 unspecified atom stereocenters. The van der Waals surface area contributed by atoms with Gasteiger partial charge in [-0.3, -0.25) is 4.79 Å². The van der Waals surface area contributed by atoms with Gasteiger partial charge in [0.1, 0.15) is 0 Å². The van der Waals surface area contributed by atoms with Gasteiger partial charge in [-0.05, 0) is 84.6 Å². The topological polar surface area (TPSA) is 44.9 Å². The average Bonchev–Trinajstić information content (AvgIpc) is 3.39. The predicted molar refractivity (Wildman–Crippen MR) is 142 cm³/mol. The van der Waals surface area contributed by atoms with Gasteiger partial charge in [0.05, 0.1) is 6.57 Å². The summed E-state index contributed by atoms with van der Waals surface area (Å²) in [5.74, 6) is -0.575. The summed E-state index contributed by atoms with van der Waals surface area (Å²) in [6, 6.07) is 16.2. The Bertz CT molecular complexity index is 1300. The lowest BCUT2D eigenvalue weighted by atomic mass is 9.74. The summed E-state index contributed by atoms with van der Waals surface area (Å²) in [6.45, 7) is 13.7. The van der Waals surface area contributed by atoms with Gasteiger partial charge in [-0.1, -0.05) is 62.3 Å². The Kier molecular flexibility index (Phi) is 5.89. The third-order valence-electron chi connectivity index (χ3n) is 7.65. The van der Waals surface area contributed by atoms with Gasteiger partial charge in [0, 0.05) is 23.3 Å². The SMILES string of the molecule is [C-]#[N+]/C(C(=O)O)=C1C=C(/C=C/c2ccc3c(c2)C2CCCC2N3c2ccc(C)cc2)CC(C)(C)C\1. The Labute approximate surface area is 208 Å². The summed E-state index contributed by atoms with van der Waals surface area (Å²) in [7, 11) is 0. The molecule has 0 bridgehead atoms. The molecule has 1 heterocycles. The second kappa shape index (κ2) is 8.89. The van der Waals surface area contributed by atoms with Crippen LogP contribution in [-0.2, 0) is 4.79 Å². The number of hydrogen-bond acceptors (Lipinski definition) is 2. The zero-order valence-corrected chi connectivity index (χ0v) is 20.7. The van der Waals surface area contributed by atoms with E-state index in [0.717, 1.165) is 12.0 Å². The van der Waals surface area contributed by atoms with Crippen LogP contribution in [0.4, 0.5) is 11.4 Å². The first-order valence-electron chi connectivity index (χ1n) is 12.5. The molecule has 2 aromatic carbocycles. The van der Waals surface area contributed by atoms with Crippen LogP contribution in [0.25, 0.3) is 10.9 Å². The van der Waals surface area contributed by atoms with Crippen molar-refractivity contribution < 1.29 is 9.90 Å². The molecule has 4 nitrogen and oxygen atoms in total. The van der Waals surface area contributed by atoms with Gasteiger partial charge in [-0.2, -0.15) is 0 Å². The molecule has 0 saturated heterocycles. The second-order valence-electron chi connectivity index (χ2n) is 11.0. The third-order valence-corrected chi connectivity index (χ3v) is 7.65. The average molecular weight is 465 g/mol. The lowest BCUT2D eigenvalue weighted by Gasteiger charge is -2.31. The van der Waals surface area contributed by atoms with E-state index < -0.39 is 5.97 Å². The van der Waals surface area contributed by atoms with E-state index in [1.54, 1.807) is 0 Å². The number of aliphatic carboxylic acids is 1. The van der Waals surface area contributed by atoms with Crippen molar-refractivity contribution in [1.29, 1.82) is 0 Å². The molecule has 2 aliphatic carbocycles. The number of allylic oxidation sites excluding steroid dienone is 4. The number of carboxylic acid groups (broad SMARTS) is 1. The smallest absolute Gasteiger partial charge is 0.334 e. The highest BCUT2D eigenvalue weighted by molar-refractivity contribution is 5.90. The molecule has 0 spiro atoms. The van der Waals surface area contributed by atoms with E-state index in [4.69, 9.17) is 6.57 Å². The molecule has 2 atom stereocenters. The molecule has 178 valence electrons. The fraction of sp³-hybridized carbons (Fsp3) is 0.355. The molecule has 0 amide bonds. The van der Waals surface area contributed by atoms with E-state index in [0.29, 0.717) is 24.0 Å². The van der Waals surface area contributed by atoms with Gasteiger partial charge in [-0.15, -0.1) is 0 Å². The van der Waals surface area contributed by atoms with Crippen LogP contribution in [0.2, 0.25) is 0 Å². The molecule has 0 aromatic heterocycles. The third kappa shape index (κ3) is 4.44. The predicted octanol–water partition coefficient (Wildman–Crippen LogP) is 7.80. The first-order valence-corrected chi connectivity index (χ1v) is 12.5. The quantitative estimate of drug-likeness (QED) is 0.371. The van der Waals surface area contributed by atoms with E-state index in [2.05, 4.69) is 85.1 Å². The molecule has 4 heteroatoms. The molecule has 2 aromatic rings. The van der Waals surface area contributed by atoms with Crippen LogP contribution in [0.1, 0.15) is 68.6 Å². The number of nitrogens with zero attached hydrogens (tertiary/aromatic N) is 2. The van der Waals surface area contributed by atoms with E-state index in [9.17, 15) is 9.90 Å². The lowest BCUT2D eigenvalue weighted by molar-refractivity contribution is -0.132. The van der Waals surface area contributed by atoms with Crippen LogP contribution in [0.3, 0.4) is 0 Å². The first kappa shape index (κ1) is 23.2. The Hall–Kier alpha value is -3.58. The summed E-state index contributed by atoms with van der Waals surface area (Å²) in [4.78, 5) is 17.4. The summed E-state index contributed by atoms with van der Waals surface area (Å²) >= 11 is 0. The molecular weight excluding hydrogens is 432 g/mol. The molecule has 0 radical (unpaired) electrons. The normalized spacial score (nSPS) is 24.1. The number of carboxylic acids is 1. The molecule has 3 aliphatic rings. The number of benzene rings is 2. The van der Waals surface area contributed by atoms with Gasteiger partial charge in [0.2, 0.25) is 0 Å². The summed E-state index contributed by atoms with van der Waals surface area (Å²) in [5.41, 5.74) is 7.93. The minimum absolute atomic E-state index is 0.0846. The summed E-state index contributed by atoms with van der Waals surface area (Å²) in [5, 5.41) is 9.45. The highest BCUT2D eigenvalue weighted by Gasteiger charge is 2.42. The maximum absolute atomic E-state index is 11.5. The number of anilines is 2. The molecule has 1 aliphatic heterocycles. The molecular formula is C31H32N2O2. The van der Waals surface area contributed by atoms with Crippen LogP contribution < -0.4 is 4.90 Å². The Morgan fingerprint density at radius 2 is 1.89 bits per heavy atom. The summed E-state index contributed by atoms with van der Waals surface area (Å²) < 4.78 is 0. The van der Waals surface area contributed by atoms with Crippen molar-refractivity contribution in [2.75, 3.05) is 4.90 Å². The zero-order valence-electron chi connectivity index (χ0n) is 20.7. The minimum Gasteiger partial charge on any atom is -0.486 e. The van der Waals surface area contributed by atoms with Crippen LogP contribution >= 0.6 is 0 Å². The number of hydrogen-bond donors (Lipinski definition) is 1. The van der Waals surface area contributed by atoms with Crippen molar-refractivity contribution in [3.63, 3.8) is 0 Å². The van der Waals surface area contributed by atoms with Crippen molar-refractivity contribution in [3.05, 3.63) is 99.6 Å². The number of aryl methyl sites for hydroxylation is 1. The van der Waals surface area contributed by atoms with Crippen LogP contribution in [0, 0.1) is 18.9 Å². The van der Waals surface area contributed by atoms with E-state index in [1.807, 2.05) is 6.08 Å². The minimum atomic E-state index is -1.14. The van der Waals surface area contributed by atoms with Gasteiger partial charge in [0.15, 0.2) is 0 Å². The van der Waals surface area contributed by atoms with Crippen LogP contribution in [0.15, 0.2) is 71.5 Å².